The van der Waals surface area contributed by atoms with Gasteiger partial charge in [-0.25, -0.2) is 0 Å². The predicted molar refractivity (Wildman–Crippen MR) is 94.1 cm³/mol. The van der Waals surface area contributed by atoms with Gasteiger partial charge < -0.3 is 10.2 Å². The van der Waals surface area contributed by atoms with Crippen LogP contribution in [-0.2, 0) is 13.1 Å². The average Bonchev–Trinajstić information content (AvgIpc) is 2.94. The summed E-state index contributed by atoms with van der Waals surface area (Å²) in [4.78, 5) is 17.0. The van der Waals surface area contributed by atoms with Gasteiger partial charge in [-0.05, 0) is 37.1 Å². The van der Waals surface area contributed by atoms with Crippen LogP contribution >= 0.6 is 24.8 Å². The van der Waals surface area contributed by atoms with Crippen LogP contribution in [0.3, 0.4) is 0 Å². The SMILES string of the molecule is CC(C)N1CCN(C(=O)c2ccc3c(c2)CNC3)CC1.Cl.Cl. The molecule has 1 amide bonds. The number of hydrogen-bond acceptors (Lipinski definition) is 3. The van der Waals surface area contributed by atoms with Gasteiger partial charge in [-0.1, -0.05) is 6.07 Å². The summed E-state index contributed by atoms with van der Waals surface area (Å²) in [5, 5.41) is 3.32. The van der Waals surface area contributed by atoms with Crippen LogP contribution in [0.4, 0.5) is 0 Å². The Labute approximate surface area is 145 Å². The maximum atomic E-state index is 12.6. The van der Waals surface area contributed by atoms with Crippen molar-refractivity contribution in [2.45, 2.75) is 33.0 Å². The van der Waals surface area contributed by atoms with Crippen molar-refractivity contribution in [3.05, 3.63) is 34.9 Å². The van der Waals surface area contributed by atoms with Crippen LogP contribution in [0.5, 0.6) is 0 Å². The number of carbonyl (C=O) groups is 1. The number of halogens is 2. The summed E-state index contributed by atoms with van der Waals surface area (Å²) in [6, 6.07) is 6.70. The van der Waals surface area contributed by atoms with Crippen molar-refractivity contribution < 1.29 is 4.79 Å². The van der Waals surface area contributed by atoms with E-state index in [2.05, 4.69) is 36.2 Å². The molecule has 0 saturated carbocycles. The quantitative estimate of drug-likeness (QED) is 0.893. The van der Waals surface area contributed by atoms with Gasteiger partial charge in [-0.3, -0.25) is 9.69 Å². The van der Waals surface area contributed by atoms with Gasteiger partial charge in [0, 0.05) is 50.9 Å². The molecular weight excluding hydrogens is 321 g/mol. The third-order valence-corrected chi connectivity index (χ3v) is 4.42. The molecule has 0 aromatic heterocycles. The molecular formula is C16H25Cl2N3O. The third kappa shape index (κ3) is 3.93. The molecule has 0 atom stereocenters. The van der Waals surface area contributed by atoms with Crippen molar-refractivity contribution >= 4 is 30.7 Å². The lowest BCUT2D eigenvalue weighted by atomic mass is 10.1. The summed E-state index contributed by atoms with van der Waals surface area (Å²) in [6.45, 7) is 9.88. The van der Waals surface area contributed by atoms with Crippen LogP contribution in [0.15, 0.2) is 18.2 Å². The van der Waals surface area contributed by atoms with E-state index in [9.17, 15) is 4.79 Å². The number of nitrogens with one attached hydrogen (secondary N) is 1. The van der Waals surface area contributed by atoms with Crippen LogP contribution in [0, 0.1) is 0 Å². The molecule has 22 heavy (non-hydrogen) atoms. The normalized spacial score (nSPS) is 17.7. The molecule has 0 radical (unpaired) electrons. The Balaban J connectivity index is 0.00000121. The van der Waals surface area contributed by atoms with Crippen molar-refractivity contribution in [3.63, 3.8) is 0 Å². The standard InChI is InChI=1S/C16H23N3O.2ClH/c1-12(2)18-5-7-19(8-6-18)16(20)13-3-4-14-10-17-11-15(14)9-13;;/h3-4,9,12,17H,5-8,10-11H2,1-2H3;2*1H. The highest BCUT2D eigenvalue weighted by atomic mass is 35.5. The van der Waals surface area contributed by atoms with E-state index in [0.717, 1.165) is 44.8 Å². The highest BCUT2D eigenvalue weighted by Gasteiger charge is 2.24. The predicted octanol–water partition coefficient (Wildman–Crippen LogP) is 2.30. The summed E-state index contributed by atoms with van der Waals surface area (Å²) >= 11 is 0. The molecule has 124 valence electrons. The fourth-order valence-corrected chi connectivity index (χ4v) is 3.05. The van der Waals surface area contributed by atoms with Crippen molar-refractivity contribution in [1.82, 2.24) is 15.1 Å². The third-order valence-electron chi connectivity index (χ3n) is 4.42. The number of fused-ring (bicyclic) bond motifs is 1. The minimum Gasteiger partial charge on any atom is -0.336 e. The van der Waals surface area contributed by atoms with E-state index in [-0.39, 0.29) is 30.7 Å². The number of benzene rings is 1. The van der Waals surface area contributed by atoms with Crippen LogP contribution in [-0.4, -0.2) is 47.9 Å². The van der Waals surface area contributed by atoms with E-state index >= 15 is 0 Å². The van der Waals surface area contributed by atoms with Crippen molar-refractivity contribution in [1.29, 1.82) is 0 Å². The van der Waals surface area contributed by atoms with E-state index < -0.39 is 0 Å². The van der Waals surface area contributed by atoms with E-state index in [1.165, 1.54) is 11.1 Å². The Hall–Kier alpha value is -0.810. The Morgan fingerprint density at radius 3 is 2.32 bits per heavy atom. The second kappa shape index (κ2) is 8.16. The molecule has 1 N–H and O–H groups in total. The summed E-state index contributed by atoms with van der Waals surface area (Å²) in [7, 11) is 0. The number of carbonyl (C=O) groups excluding carboxylic acids is 1. The zero-order valence-electron chi connectivity index (χ0n) is 13.2. The van der Waals surface area contributed by atoms with E-state index in [1.807, 2.05) is 11.0 Å². The minimum atomic E-state index is 0. The zero-order valence-corrected chi connectivity index (χ0v) is 14.8. The molecule has 6 heteroatoms. The zero-order chi connectivity index (χ0) is 14.1. The summed E-state index contributed by atoms with van der Waals surface area (Å²) in [5.41, 5.74) is 3.44. The lowest BCUT2D eigenvalue weighted by Crippen LogP contribution is -2.50. The van der Waals surface area contributed by atoms with Gasteiger partial charge in [0.2, 0.25) is 0 Å². The summed E-state index contributed by atoms with van der Waals surface area (Å²) < 4.78 is 0. The van der Waals surface area contributed by atoms with Crippen LogP contribution in [0.1, 0.15) is 35.3 Å². The Bertz CT molecular complexity index is 514. The molecule has 0 spiro atoms. The van der Waals surface area contributed by atoms with Crippen molar-refractivity contribution in [3.8, 4) is 0 Å². The van der Waals surface area contributed by atoms with E-state index in [4.69, 9.17) is 0 Å². The molecule has 0 bridgehead atoms. The maximum absolute atomic E-state index is 12.6. The lowest BCUT2D eigenvalue weighted by molar-refractivity contribution is 0.0595. The highest BCUT2D eigenvalue weighted by Crippen LogP contribution is 2.19. The first-order valence-corrected chi connectivity index (χ1v) is 7.51. The van der Waals surface area contributed by atoms with Gasteiger partial charge in [-0.2, -0.15) is 0 Å². The number of piperazine rings is 1. The Morgan fingerprint density at radius 1 is 1.05 bits per heavy atom. The first kappa shape index (κ1) is 19.2. The molecule has 2 aliphatic heterocycles. The van der Waals surface area contributed by atoms with Crippen LogP contribution < -0.4 is 5.32 Å². The van der Waals surface area contributed by atoms with Gasteiger partial charge in [0.1, 0.15) is 0 Å². The monoisotopic (exact) mass is 345 g/mol. The van der Waals surface area contributed by atoms with Crippen LogP contribution in [0.25, 0.3) is 0 Å². The molecule has 3 rings (SSSR count). The molecule has 1 aromatic carbocycles. The first-order valence-electron chi connectivity index (χ1n) is 7.51. The molecule has 2 aliphatic rings. The van der Waals surface area contributed by atoms with Crippen LogP contribution in [0.2, 0.25) is 0 Å². The minimum absolute atomic E-state index is 0. The molecule has 0 aliphatic carbocycles. The smallest absolute Gasteiger partial charge is 0.253 e. The largest absolute Gasteiger partial charge is 0.336 e. The summed E-state index contributed by atoms with van der Waals surface area (Å²) in [5.74, 6) is 0.183. The van der Waals surface area contributed by atoms with Crippen molar-refractivity contribution in [2.75, 3.05) is 26.2 Å². The van der Waals surface area contributed by atoms with E-state index in [1.54, 1.807) is 0 Å². The average molecular weight is 346 g/mol. The second-order valence-electron chi connectivity index (χ2n) is 6.01. The number of rotatable bonds is 2. The lowest BCUT2D eigenvalue weighted by Gasteiger charge is -2.37. The fraction of sp³-hybridized carbons (Fsp3) is 0.562. The van der Waals surface area contributed by atoms with E-state index in [0.29, 0.717) is 6.04 Å². The Kier molecular flexibility index (Phi) is 7.13. The molecule has 4 nitrogen and oxygen atoms in total. The molecule has 1 aromatic rings. The molecule has 0 unspecified atom stereocenters. The molecule has 1 fully saturated rings. The molecule has 1 saturated heterocycles. The molecule has 2 heterocycles. The van der Waals surface area contributed by atoms with Gasteiger partial charge in [-0.15, -0.1) is 24.8 Å². The Morgan fingerprint density at radius 2 is 1.68 bits per heavy atom. The van der Waals surface area contributed by atoms with Gasteiger partial charge >= 0.3 is 0 Å². The van der Waals surface area contributed by atoms with Gasteiger partial charge in [0.15, 0.2) is 0 Å². The fourth-order valence-electron chi connectivity index (χ4n) is 3.05. The highest BCUT2D eigenvalue weighted by molar-refractivity contribution is 5.94. The van der Waals surface area contributed by atoms with Gasteiger partial charge in [0.05, 0.1) is 0 Å². The topological polar surface area (TPSA) is 35.6 Å². The summed E-state index contributed by atoms with van der Waals surface area (Å²) in [6.07, 6.45) is 0. The van der Waals surface area contributed by atoms with Crippen molar-refractivity contribution in [2.24, 2.45) is 0 Å². The maximum Gasteiger partial charge on any atom is 0.253 e. The number of nitrogens with zero attached hydrogens (tertiary/aromatic N) is 2. The first-order chi connectivity index (χ1) is 9.65. The number of amides is 1. The van der Waals surface area contributed by atoms with Gasteiger partial charge in [0.25, 0.3) is 5.91 Å². The second-order valence-corrected chi connectivity index (χ2v) is 6.01. The number of hydrogen-bond donors (Lipinski definition) is 1.